The van der Waals surface area contributed by atoms with Crippen LogP contribution in [0, 0.1) is 0 Å². The Kier molecular flexibility index (Phi) is 4.85. The monoisotopic (exact) mass is 279 g/mol. The second kappa shape index (κ2) is 6.61. The van der Waals surface area contributed by atoms with E-state index >= 15 is 0 Å². The molecule has 2 rings (SSSR count). The Morgan fingerprint density at radius 3 is 2.63 bits per heavy atom. The number of hydrogen-bond acceptors (Lipinski definition) is 4. The molecule has 19 heavy (non-hydrogen) atoms. The van der Waals surface area contributed by atoms with Gasteiger partial charge in [-0.1, -0.05) is 12.1 Å². The average Bonchev–Trinajstić information content (AvgIpc) is 2.93. The predicted molar refractivity (Wildman–Crippen MR) is 74.5 cm³/mol. The summed E-state index contributed by atoms with van der Waals surface area (Å²) in [4.78, 5) is 26.4. The van der Waals surface area contributed by atoms with Crippen LogP contribution in [0.15, 0.2) is 29.2 Å². The lowest BCUT2D eigenvalue weighted by Crippen LogP contribution is -2.23. The van der Waals surface area contributed by atoms with Gasteiger partial charge in [-0.3, -0.25) is 4.79 Å². The first kappa shape index (κ1) is 13.9. The Balaban J connectivity index is 2.11. The molecule has 1 amide bonds. The minimum Gasteiger partial charge on any atom is -0.462 e. The number of benzene rings is 1. The summed E-state index contributed by atoms with van der Waals surface area (Å²) >= 11 is 1.11. The van der Waals surface area contributed by atoms with Gasteiger partial charge >= 0.3 is 5.97 Å². The third-order valence-electron chi connectivity index (χ3n) is 2.94. The van der Waals surface area contributed by atoms with Gasteiger partial charge in [0.2, 0.25) is 0 Å². The van der Waals surface area contributed by atoms with Gasteiger partial charge in [0, 0.05) is 18.0 Å². The van der Waals surface area contributed by atoms with Gasteiger partial charge in [-0.2, -0.15) is 0 Å². The summed E-state index contributed by atoms with van der Waals surface area (Å²) in [5.41, 5.74) is 0.460. The summed E-state index contributed by atoms with van der Waals surface area (Å²) in [6.45, 7) is 3.72. The molecule has 0 saturated carbocycles. The highest BCUT2D eigenvalue weighted by molar-refractivity contribution is 8.13. The van der Waals surface area contributed by atoms with Crippen molar-refractivity contribution in [2.75, 3.05) is 19.7 Å². The number of amides is 1. The normalized spacial score (nSPS) is 14.5. The fraction of sp³-hybridized carbons (Fsp3) is 0.429. The van der Waals surface area contributed by atoms with Crippen molar-refractivity contribution in [2.45, 2.75) is 24.7 Å². The van der Waals surface area contributed by atoms with Gasteiger partial charge in [-0.05, 0) is 43.7 Å². The summed E-state index contributed by atoms with van der Waals surface area (Å²) in [6, 6.07) is 7.07. The quantitative estimate of drug-likeness (QED) is 0.630. The summed E-state index contributed by atoms with van der Waals surface area (Å²) in [6.07, 6.45) is 2.12. The number of likely N-dealkylation sites (tertiary alicyclic amines) is 1. The number of rotatable bonds is 3. The van der Waals surface area contributed by atoms with Crippen molar-refractivity contribution in [3.05, 3.63) is 29.8 Å². The van der Waals surface area contributed by atoms with E-state index < -0.39 is 0 Å². The average molecular weight is 279 g/mol. The number of ether oxygens (including phenoxy) is 1. The molecule has 4 nitrogen and oxygen atoms in total. The van der Waals surface area contributed by atoms with E-state index in [9.17, 15) is 9.59 Å². The van der Waals surface area contributed by atoms with Crippen LogP contribution >= 0.6 is 11.8 Å². The number of thioether (sulfide) groups is 1. The zero-order valence-corrected chi connectivity index (χ0v) is 11.7. The highest BCUT2D eigenvalue weighted by atomic mass is 32.2. The van der Waals surface area contributed by atoms with E-state index in [1.807, 2.05) is 11.0 Å². The number of nitrogens with zero attached hydrogens (tertiary/aromatic N) is 1. The maximum atomic E-state index is 12.1. The molecule has 5 heteroatoms. The van der Waals surface area contributed by atoms with Crippen molar-refractivity contribution < 1.29 is 14.3 Å². The predicted octanol–water partition coefficient (Wildman–Crippen LogP) is 3.17. The van der Waals surface area contributed by atoms with Crippen LogP contribution < -0.4 is 0 Å². The molecule has 0 bridgehead atoms. The van der Waals surface area contributed by atoms with E-state index in [0.29, 0.717) is 17.1 Å². The minimum atomic E-state index is -0.375. The SMILES string of the molecule is CCOC(=O)c1ccccc1SC(=O)N1CCCC1. The zero-order chi connectivity index (χ0) is 13.7. The molecule has 102 valence electrons. The zero-order valence-electron chi connectivity index (χ0n) is 10.9. The highest BCUT2D eigenvalue weighted by Gasteiger charge is 2.21. The van der Waals surface area contributed by atoms with Crippen molar-refractivity contribution in [1.29, 1.82) is 0 Å². The first-order valence-electron chi connectivity index (χ1n) is 6.45. The summed E-state index contributed by atoms with van der Waals surface area (Å²) in [5.74, 6) is -0.375. The number of hydrogen-bond donors (Lipinski definition) is 0. The molecule has 0 N–H and O–H groups in total. The lowest BCUT2D eigenvalue weighted by atomic mass is 10.2. The van der Waals surface area contributed by atoms with Crippen LogP contribution in [0.5, 0.6) is 0 Å². The molecule has 0 unspecified atom stereocenters. The van der Waals surface area contributed by atoms with Crippen LogP contribution in [0.4, 0.5) is 4.79 Å². The maximum absolute atomic E-state index is 12.1. The maximum Gasteiger partial charge on any atom is 0.339 e. The standard InChI is InChI=1S/C14H17NO3S/c1-2-18-13(16)11-7-3-4-8-12(11)19-14(17)15-9-5-6-10-15/h3-4,7-8H,2,5-6,9-10H2,1H3. The van der Waals surface area contributed by atoms with Crippen LogP contribution in [0.25, 0.3) is 0 Å². The molecule has 1 aromatic rings. The molecule has 1 aliphatic rings. The smallest absolute Gasteiger partial charge is 0.339 e. The second-order valence-corrected chi connectivity index (χ2v) is 5.27. The molecule has 1 aromatic carbocycles. The van der Waals surface area contributed by atoms with Crippen molar-refractivity contribution in [1.82, 2.24) is 4.90 Å². The van der Waals surface area contributed by atoms with Gasteiger partial charge in [0.1, 0.15) is 0 Å². The largest absolute Gasteiger partial charge is 0.462 e. The van der Waals surface area contributed by atoms with Gasteiger partial charge in [0.05, 0.1) is 12.2 Å². The topological polar surface area (TPSA) is 46.6 Å². The Hall–Kier alpha value is -1.49. The molecule has 1 saturated heterocycles. The first-order valence-corrected chi connectivity index (χ1v) is 7.27. The molecule has 0 radical (unpaired) electrons. The van der Waals surface area contributed by atoms with Gasteiger partial charge in [-0.25, -0.2) is 4.79 Å². The van der Waals surface area contributed by atoms with E-state index in [1.54, 1.807) is 25.1 Å². The van der Waals surface area contributed by atoms with Gasteiger partial charge in [-0.15, -0.1) is 0 Å². The third-order valence-corrected chi connectivity index (χ3v) is 3.95. The van der Waals surface area contributed by atoms with Crippen molar-refractivity contribution >= 4 is 23.0 Å². The van der Waals surface area contributed by atoms with Crippen LogP contribution in [0.2, 0.25) is 0 Å². The molecule has 0 aliphatic carbocycles. The van der Waals surface area contributed by atoms with Gasteiger partial charge in [0.15, 0.2) is 0 Å². The Morgan fingerprint density at radius 2 is 1.95 bits per heavy atom. The van der Waals surface area contributed by atoms with E-state index in [1.165, 1.54) is 0 Å². The second-order valence-electron chi connectivity index (χ2n) is 4.28. The van der Waals surface area contributed by atoms with Crippen LogP contribution in [0.1, 0.15) is 30.1 Å². The van der Waals surface area contributed by atoms with Crippen molar-refractivity contribution in [3.63, 3.8) is 0 Å². The van der Waals surface area contributed by atoms with E-state index in [-0.39, 0.29) is 11.2 Å². The molecular formula is C14H17NO3S. The Bertz CT molecular complexity index is 470. The van der Waals surface area contributed by atoms with E-state index in [2.05, 4.69) is 0 Å². The van der Waals surface area contributed by atoms with E-state index in [0.717, 1.165) is 37.7 Å². The number of esters is 1. The van der Waals surface area contributed by atoms with Gasteiger partial charge < -0.3 is 9.64 Å². The fourth-order valence-electron chi connectivity index (χ4n) is 1.99. The molecular weight excluding hydrogens is 262 g/mol. The summed E-state index contributed by atoms with van der Waals surface area (Å²) in [5, 5.41) is 0.00856. The molecule has 0 atom stereocenters. The molecule has 0 aromatic heterocycles. The van der Waals surface area contributed by atoms with Crippen LogP contribution in [-0.4, -0.2) is 35.8 Å². The third kappa shape index (κ3) is 3.50. The van der Waals surface area contributed by atoms with Gasteiger partial charge in [0.25, 0.3) is 5.24 Å². The lowest BCUT2D eigenvalue weighted by molar-refractivity contribution is 0.0522. The van der Waals surface area contributed by atoms with Crippen LogP contribution in [-0.2, 0) is 4.74 Å². The Labute approximate surface area is 117 Å². The van der Waals surface area contributed by atoms with E-state index in [4.69, 9.17) is 4.74 Å². The molecule has 0 spiro atoms. The molecule has 1 fully saturated rings. The van der Waals surface area contributed by atoms with Crippen molar-refractivity contribution in [2.24, 2.45) is 0 Å². The lowest BCUT2D eigenvalue weighted by Gasteiger charge is -2.15. The molecule has 1 aliphatic heterocycles. The molecule has 1 heterocycles. The Morgan fingerprint density at radius 1 is 1.26 bits per heavy atom. The fourth-order valence-corrected chi connectivity index (χ4v) is 2.90. The number of carbonyl (C=O) groups is 2. The first-order chi connectivity index (χ1) is 9.22. The summed E-state index contributed by atoms with van der Waals surface area (Å²) < 4.78 is 5.00. The summed E-state index contributed by atoms with van der Waals surface area (Å²) in [7, 11) is 0. The number of carbonyl (C=O) groups excluding carboxylic acids is 2. The highest BCUT2D eigenvalue weighted by Crippen LogP contribution is 2.27. The van der Waals surface area contributed by atoms with Crippen molar-refractivity contribution in [3.8, 4) is 0 Å². The van der Waals surface area contributed by atoms with Crippen LogP contribution in [0.3, 0.4) is 0 Å². The minimum absolute atomic E-state index is 0.00856.